The number of hydrogen-bond donors (Lipinski definition) is 3. The summed E-state index contributed by atoms with van der Waals surface area (Å²) >= 11 is 0. The molecule has 1 aromatic rings. The van der Waals surface area contributed by atoms with Crippen LogP contribution >= 0.6 is 0 Å². The van der Waals surface area contributed by atoms with E-state index in [9.17, 15) is 4.79 Å². The summed E-state index contributed by atoms with van der Waals surface area (Å²) in [5.74, 6) is 0. The lowest BCUT2D eigenvalue weighted by molar-refractivity contribution is 0.0522. The Morgan fingerprint density at radius 3 is 2.60 bits per heavy atom. The van der Waals surface area contributed by atoms with Gasteiger partial charge >= 0.3 is 6.09 Å². The minimum absolute atomic E-state index is 0.0417. The van der Waals surface area contributed by atoms with E-state index in [2.05, 4.69) is 16.1 Å². The van der Waals surface area contributed by atoms with Crippen molar-refractivity contribution in [1.29, 1.82) is 0 Å². The highest BCUT2D eigenvalue weighted by Crippen LogP contribution is 2.08. The van der Waals surface area contributed by atoms with E-state index < -0.39 is 11.7 Å². The second-order valence-electron chi connectivity index (χ2n) is 5.10. The molecule has 4 N–H and O–H groups in total. The van der Waals surface area contributed by atoms with Gasteiger partial charge < -0.3 is 20.9 Å². The number of nitrogens with one attached hydrogen (secondary N) is 1. The fourth-order valence-electron chi connectivity index (χ4n) is 1.42. The van der Waals surface area contributed by atoms with Crippen molar-refractivity contribution < 1.29 is 14.6 Å². The summed E-state index contributed by atoms with van der Waals surface area (Å²) in [6.07, 6.45) is 1.38. The van der Waals surface area contributed by atoms with Crippen molar-refractivity contribution in [2.75, 3.05) is 13.7 Å². The Bertz CT molecular complexity index is 410. The van der Waals surface area contributed by atoms with Crippen LogP contribution in [-0.4, -0.2) is 40.2 Å². The van der Waals surface area contributed by atoms with E-state index in [0.717, 1.165) is 11.3 Å². The number of carbonyl (C=O) groups is 1. The second-order valence-corrected chi connectivity index (χ2v) is 5.10. The van der Waals surface area contributed by atoms with Gasteiger partial charge in [0.1, 0.15) is 5.60 Å². The maximum atomic E-state index is 11.5. The topological polar surface area (TPSA) is 102 Å². The zero-order valence-corrected chi connectivity index (χ0v) is 12.9. The molecule has 0 aliphatic heterocycles. The zero-order valence-electron chi connectivity index (χ0n) is 12.9. The molecule has 1 heterocycles. The van der Waals surface area contributed by atoms with Gasteiger partial charge in [-0.05, 0) is 40.3 Å². The highest BCUT2D eigenvalue weighted by atomic mass is 16.6. The molecular formula is C13H26N4O3. The van der Waals surface area contributed by atoms with Gasteiger partial charge in [-0.15, -0.1) is 0 Å². The first-order valence-corrected chi connectivity index (χ1v) is 6.50. The molecule has 1 rings (SSSR count). The van der Waals surface area contributed by atoms with Gasteiger partial charge in [-0.1, -0.05) is 0 Å². The van der Waals surface area contributed by atoms with Gasteiger partial charge in [0.15, 0.2) is 0 Å². The summed E-state index contributed by atoms with van der Waals surface area (Å²) in [7, 11) is 1.50. The minimum Gasteiger partial charge on any atom is -0.444 e. The number of aryl methyl sites for hydroxylation is 1. The molecule has 0 aromatic carbocycles. The van der Waals surface area contributed by atoms with Crippen molar-refractivity contribution in [2.24, 2.45) is 5.73 Å². The molecule has 0 bridgehead atoms. The van der Waals surface area contributed by atoms with Crippen LogP contribution in [0.5, 0.6) is 0 Å². The predicted octanol–water partition coefficient (Wildman–Crippen LogP) is 0.783. The number of hydrogen-bond acceptors (Lipinski definition) is 5. The van der Waals surface area contributed by atoms with Gasteiger partial charge in [-0.25, -0.2) is 4.79 Å². The minimum atomic E-state index is -0.505. The molecule has 1 amide bonds. The summed E-state index contributed by atoms with van der Waals surface area (Å²) in [6.45, 7) is 8.16. The molecular weight excluding hydrogens is 260 g/mol. The van der Waals surface area contributed by atoms with Crippen molar-refractivity contribution in [3.05, 3.63) is 17.5 Å². The third kappa shape index (κ3) is 7.10. The number of nitrogens with zero attached hydrogens (tertiary/aromatic N) is 2. The predicted molar refractivity (Wildman–Crippen MR) is 77.2 cm³/mol. The maximum Gasteiger partial charge on any atom is 0.407 e. The summed E-state index contributed by atoms with van der Waals surface area (Å²) in [4.78, 5) is 11.5. The first-order chi connectivity index (χ1) is 9.31. The van der Waals surface area contributed by atoms with E-state index in [1.165, 1.54) is 7.05 Å². The quantitative estimate of drug-likeness (QED) is 0.759. The van der Waals surface area contributed by atoms with E-state index in [1.807, 2.05) is 33.9 Å². The van der Waals surface area contributed by atoms with Crippen LogP contribution in [0.3, 0.4) is 0 Å². The third-order valence-electron chi connectivity index (χ3n) is 2.18. The lowest BCUT2D eigenvalue weighted by atomic mass is 10.2. The standard InChI is InChI=1S/C12H21N3O3.CH5N/c1-9-8-15(5-6-16)14-10(9)7-13-11(17)18-12(2,3)4;1-2/h8,16H,5-7H2,1-4H3,(H,13,17);2H2,1H3. The van der Waals surface area contributed by atoms with Crippen LogP contribution in [0.25, 0.3) is 0 Å². The molecule has 116 valence electrons. The number of ether oxygens (including phenoxy) is 1. The average Bonchev–Trinajstić information content (AvgIpc) is 2.68. The van der Waals surface area contributed by atoms with E-state index in [0.29, 0.717) is 13.1 Å². The SMILES string of the molecule is CN.Cc1cn(CCO)nc1CNC(=O)OC(C)(C)C. The third-order valence-corrected chi connectivity index (χ3v) is 2.18. The number of aliphatic hydroxyl groups is 1. The molecule has 0 fully saturated rings. The maximum absolute atomic E-state index is 11.5. The van der Waals surface area contributed by atoms with Crippen LogP contribution in [0.1, 0.15) is 32.0 Å². The smallest absolute Gasteiger partial charge is 0.407 e. The number of aliphatic hydroxyl groups excluding tert-OH is 1. The van der Waals surface area contributed by atoms with Crippen molar-refractivity contribution >= 4 is 6.09 Å². The fraction of sp³-hybridized carbons (Fsp3) is 0.692. The van der Waals surface area contributed by atoms with Gasteiger partial charge in [0.05, 0.1) is 25.4 Å². The molecule has 0 atom stereocenters. The Morgan fingerprint density at radius 2 is 2.10 bits per heavy atom. The molecule has 7 nitrogen and oxygen atoms in total. The molecule has 0 spiro atoms. The van der Waals surface area contributed by atoms with Crippen molar-refractivity contribution in [3.63, 3.8) is 0 Å². The molecule has 7 heteroatoms. The lowest BCUT2D eigenvalue weighted by Gasteiger charge is -2.19. The first-order valence-electron chi connectivity index (χ1n) is 6.50. The van der Waals surface area contributed by atoms with Crippen molar-refractivity contribution in [3.8, 4) is 0 Å². The first kappa shape index (κ1) is 18.4. The van der Waals surface area contributed by atoms with E-state index in [4.69, 9.17) is 9.84 Å². The highest BCUT2D eigenvalue weighted by molar-refractivity contribution is 5.67. The Labute approximate surface area is 120 Å². The zero-order chi connectivity index (χ0) is 15.8. The summed E-state index contributed by atoms with van der Waals surface area (Å²) in [5.41, 5.74) is 5.74. The summed E-state index contributed by atoms with van der Waals surface area (Å²) < 4.78 is 6.78. The van der Waals surface area contributed by atoms with Gasteiger partial charge in [0.2, 0.25) is 0 Å². The van der Waals surface area contributed by atoms with Gasteiger partial charge in [-0.3, -0.25) is 4.68 Å². The highest BCUT2D eigenvalue weighted by Gasteiger charge is 2.16. The molecule has 0 unspecified atom stereocenters. The van der Waals surface area contributed by atoms with Crippen LogP contribution in [0.2, 0.25) is 0 Å². The van der Waals surface area contributed by atoms with Crippen LogP contribution in [0, 0.1) is 6.92 Å². The average molecular weight is 286 g/mol. The Hall–Kier alpha value is -1.60. The van der Waals surface area contributed by atoms with E-state index in [1.54, 1.807) is 4.68 Å². The number of aromatic nitrogens is 2. The van der Waals surface area contributed by atoms with Crippen LogP contribution in [0.15, 0.2) is 6.20 Å². The molecule has 0 saturated heterocycles. The van der Waals surface area contributed by atoms with Crippen molar-refractivity contribution in [2.45, 2.75) is 46.4 Å². The number of alkyl carbamates (subject to hydrolysis) is 1. The molecule has 1 aromatic heterocycles. The monoisotopic (exact) mass is 286 g/mol. The molecule has 0 radical (unpaired) electrons. The number of amides is 1. The summed E-state index contributed by atoms with van der Waals surface area (Å²) in [6, 6.07) is 0. The fourth-order valence-corrected chi connectivity index (χ4v) is 1.42. The Morgan fingerprint density at radius 1 is 1.50 bits per heavy atom. The summed E-state index contributed by atoms with van der Waals surface area (Å²) in [5, 5.41) is 15.7. The van der Waals surface area contributed by atoms with Crippen LogP contribution in [0.4, 0.5) is 4.79 Å². The number of rotatable bonds is 4. The Balaban J connectivity index is 0.00000172. The lowest BCUT2D eigenvalue weighted by Crippen LogP contribution is -2.32. The van der Waals surface area contributed by atoms with Gasteiger partial charge in [-0.2, -0.15) is 5.10 Å². The van der Waals surface area contributed by atoms with Crippen molar-refractivity contribution in [1.82, 2.24) is 15.1 Å². The molecule has 20 heavy (non-hydrogen) atoms. The largest absolute Gasteiger partial charge is 0.444 e. The van der Waals surface area contributed by atoms with Gasteiger partial charge in [0.25, 0.3) is 0 Å². The van der Waals surface area contributed by atoms with Gasteiger partial charge in [0, 0.05) is 6.20 Å². The normalized spacial score (nSPS) is 10.6. The Kier molecular flexibility index (Phi) is 7.86. The number of carbonyl (C=O) groups excluding carboxylic acids is 1. The van der Waals surface area contributed by atoms with Crippen LogP contribution in [-0.2, 0) is 17.8 Å². The number of nitrogens with two attached hydrogens (primary N) is 1. The molecule has 0 aliphatic rings. The van der Waals surface area contributed by atoms with E-state index in [-0.39, 0.29) is 6.61 Å². The molecule has 0 aliphatic carbocycles. The molecule has 0 saturated carbocycles. The van der Waals surface area contributed by atoms with E-state index >= 15 is 0 Å². The second kappa shape index (κ2) is 8.55. The van der Waals surface area contributed by atoms with Crippen LogP contribution < -0.4 is 11.1 Å².